The Bertz CT molecular complexity index is 1550. The summed E-state index contributed by atoms with van der Waals surface area (Å²) in [5.41, 5.74) is 0.218. The van der Waals surface area contributed by atoms with Gasteiger partial charge in [0.15, 0.2) is 5.65 Å². The molecule has 0 spiro atoms. The summed E-state index contributed by atoms with van der Waals surface area (Å²) >= 11 is 0. The molecule has 1 amide bonds. The Morgan fingerprint density at radius 1 is 1.07 bits per heavy atom. The molecule has 1 aromatic carbocycles. The van der Waals surface area contributed by atoms with Gasteiger partial charge in [-0.05, 0) is 77.0 Å². The van der Waals surface area contributed by atoms with Crippen molar-refractivity contribution in [2.45, 2.75) is 75.3 Å². The first kappa shape index (κ1) is 27.9. The van der Waals surface area contributed by atoms with Crippen molar-refractivity contribution in [1.82, 2.24) is 19.3 Å². The SMILES string of the molecule is COC(=O)C1(NC(=O)OC(C)(C)C)CCN(c2ncnc3c2c(C2CC2)cn3S(=O)(=O)c2ccc(C)cc2)CC1. The quantitative estimate of drug-likeness (QED) is 0.439. The van der Waals surface area contributed by atoms with Crippen LogP contribution in [0.1, 0.15) is 63.5 Å². The van der Waals surface area contributed by atoms with E-state index in [1.165, 1.54) is 17.4 Å². The zero-order chi connectivity index (χ0) is 28.9. The lowest BCUT2D eigenvalue weighted by molar-refractivity contribution is -0.149. The highest BCUT2D eigenvalue weighted by molar-refractivity contribution is 7.90. The molecule has 40 heavy (non-hydrogen) atoms. The van der Waals surface area contributed by atoms with Gasteiger partial charge in [-0.3, -0.25) is 0 Å². The zero-order valence-electron chi connectivity index (χ0n) is 23.4. The van der Waals surface area contributed by atoms with Gasteiger partial charge in [-0.2, -0.15) is 0 Å². The van der Waals surface area contributed by atoms with Crippen LogP contribution in [-0.4, -0.2) is 65.8 Å². The fourth-order valence-corrected chi connectivity index (χ4v) is 6.50. The number of methoxy groups -OCH3 is 1. The van der Waals surface area contributed by atoms with Crippen LogP contribution in [0, 0.1) is 6.92 Å². The van der Waals surface area contributed by atoms with Crippen LogP contribution in [0.4, 0.5) is 10.6 Å². The summed E-state index contributed by atoms with van der Waals surface area (Å²) in [6, 6.07) is 6.75. The van der Waals surface area contributed by atoms with Crippen molar-refractivity contribution in [2.75, 3.05) is 25.1 Å². The smallest absolute Gasteiger partial charge is 0.408 e. The topological polar surface area (TPSA) is 133 Å². The summed E-state index contributed by atoms with van der Waals surface area (Å²) in [4.78, 5) is 36.7. The van der Waals surface area contributed by atoms with Crippen molar-refractivity contribution in [3.05, 3.63) is 47.9 Å². The first-order chi connectivity index (χ1) is 18.8. The minimum atomic E-state index is -3.89. The van der Waals surface area contributed by atoms with Crippen molar-refractivity contribution in [1.29, 1.82) is 0 Å². The molecule has 1 saturated heterocycles. The van der Waals surface area contributed by atoms with Crippen molar-refractivity contribution in [3.8, 4) is 0 Å². The van der Waals surface area contributed by atoms with Crippen LogP contribution in [-0.2, 0) is 24.3 Å². The molecule has 0 bridgehead atoms. The summed E-state index contributed by atoms with van der Waals surface area (Å²) in [7, 11) is -2.60. The Labute approximate surface area is 233 Å². The van der Waals surface area contributed by atoms with Gasteiger partial charge in [-0.1, -0.05) is 17.7 Å². The van der Waals surface area contributed by atoms with Crippen LogP contribution in [0.2, 0.25) is 0 Å². The molecule has 11 nitrogen and oxygen atoms in total. The normalized spacial score (nSPS) is 17.5. The summed E-state index contributed by atoms with van der Waals surface area (Å²) in [6.07, 6.45) is 4.80. The maximum Gasteiger partial charge on any atom is 0.408 e. The minimum Gasteiger partial charge on any atom is -0.467 e. The number of nitrogens with zero attached hydrogens (tertiary/aromatic N) is 4. The van der Waals surface area contributed by atoms with E-state index in [-0.39, 0.29) is 23.7 Å². The number of nitrogens with one attached hydrogen (secondary N) is 1. The van der Waals surface area contributed by atoms with E-state index in [1.807, 2.05) is 11.8 Å². The third-order valence-corrected chi connectivity index (χ3v) is 9.05. The van der Waals surface area contributed by atoms with Gasteiger partial charge in [-0.15, -0.1) is 0 Å². The molecule has 1 saturated carbocycles. The van der Waals surface area contributed by atoms with Gasteiger partial charge in [0.05, 0.1) is 17.4 Å². The fraction of sp³-hybridized carbons (Fsp3) is 0.500. The number of amides is 1. The molecule has 2 fully saturated rings. The summed E-state index contributed by atoms with van der Waals surface area (Å²) in [6.45, 7) is 7.91. The van der Waals surface area contributed by atoms with E-state index >= 15 is 0 Å². The van der Waals surface area contributed by atoms with E-state index in [1.54, 1.807) is 51.2 Å². The second-order valence-electron chi connectivity index (χ2n) is 11.6. The van der Waals surface area contributed by atoms with Crippen molar-refractivity contribution in [3.63, 3.8) is 0 Å². The number of fused-ring (bicyclic) bond motifs is 1. The largest absolute Gasteiger partial charge is 0.467 e. The molecule has 5 rings (SSSR count). The monoisotopic (exact) mass is 569 g/mol. The van der Waals surface area contributed by atoms with Crippen molar-refractivity contribution >= 4 is 38.9 Å². The number of aromatic nitrogens is 3. The number of alkyl carbamates (subject to hydrolysis) is 1. The molecule has 2 aromatic heterocycles. The number of hydrogen-bond donors (Lipinski definition) is 1. The molecule has 214 valence electrons. The number of piperidine rings is 1. The zero-order valence-corrected chi connectivity index (χ0v) is 24.2. The lowest BCUT2D eigenvalue weighted by Crippen LogP contribution is -2.61. The lowest BCUT2D eigenvalue weighted by atomic mass is 9.87. The maximum atomic E-state index is 13.7. The maximum absolute atomic E-state index is 13.7. The number of ether oxygens (including phenoxy) is 2. The molecule has 1 aliphatic carbocycles. The number of benzene rings is 1. The molecular formula is C28H35N5O6S. The summed E-state index contributed by atoms with van der Waals surface area (Å²) in [5, 5.41) is 3.46. The van der Waals surface area contributed by atoms with E-state index in [9.17, 15) is 18.0 Å². The van der Waals surface area contributed by atoms with Crippen LogP contribution in [0.15, 0.2) is 41.7 Å². The number of aryl methyl sites for hydroxylation is 1. The fourth-order valence-electron chi connectivity index (χ4n) is 5.17. The van der Waals surface area contributed by atoms with Gasteiger partial charge in [0.2, 0.25) is 0 Å². The number of esters is 1. The Balaban J connectivity index is 1.49. The van der Waals surface area contributed by atoms with Crippen LogP contribution in [0.25, 0.3) is 11.0 Å². The van der Waals surface area contributed by atoms with Crippen molar-refractivity contribution < 1.29 is 27.5 Å². The van der Waals surface area contributed by atoms with Gasteiger partial charge in [0.25, 0.3) is 10.0 Å². The van der Waals surface area contributed by atoms with E-state index in [0.29, 0.717) is 29.9 Å². The first-order valence-electron chi connectivity index (χ1n) is 13.4. The molecule has 0 atom stereocenters. The van der Waals surface area contributed by atoms with E-state index in [2.05, 4.69) is 15.3 Å². The molecule has 1 N–H and O–H groups in total. The molecule has 0 radical (unpaired) electrons. The van der Waals surface area contributed by atoms with Crippen molar-refractivity contribution in [2.24, 2.45) is 0 Å². The average Bonchev–Trinajstić information content (AvgIpc) is 3.66. The third-order valence-electron chi connectivity index (χ3n) is 7.39. The molecule has 2 aliphatic rings. The predicted octanol–water partition coefficient (Wildman–Crippen LogP) is 3.89. The Kier molecular flexibility index (Phi) is 7.01. The first-order valence-corrected chi connectivity index (χ1v) is 14.8. The van der Waals surface area contributed by atoms with Crippen LogP contribution in [0.3, 0.4) is 0 Å². The second-order valence-corrected chi connectivity index (χ2v) is 13.4. The number of carbonyl (C=O) groups excluding carboxylic acids is 2. The Morgan fingerprint density at radius 2 is 1.73 bits per heavy atom. The van der Waals surface area contributed by atoms with Gasteiger partial charge in [0, 0.05) is 19.3 Å². The standard InChI is InChI=1S/C28H35N5O6S/c1-18-6-10-20(11-7-18)40(36,37)33-16-21(19-8-9-19)22-23(29-17-30-24(22)33)32-14-12-28(13-15-32,25(34)38-5)31-26(35)39-27(2,3)4/h6-7,10-11,16-17,19H,8-9,12-15H2,1-5H3,(H,31,35). The third kappa shape index (κ3) is 5.24. The Hall–Kier alpha value is -3.67. The minimum absolute atomic E-state index is 0.187. The van der Waals surface area contributed by atoms with Gasteiger partial charge < -0.3 is 19.7 Å². The molecule has 1 aliphatic heterocycles. The van der Waals surface area contributed by atoms with E-state index in [0.717, 1.165) is 24.0 Å². The summed E-state index contributed by atoms with van der Waals surface area (Å²) in [5.74, 6) is 0.301. The van der Waals surface area contributed by atoms with Gasteiger partial charge in [0.1, 0.15) is 23.3 Å². The van der Waals surface area contributed by atoms with E-state index in [4.69, 9.17) is 9.47 Å². The molecule has 12 heteroatoms. The number of carbonyl (C=O) groups is 2. The number of anilines is 1. The Morgan fingerprint density at radius 3 is 2.30 bits per heavy atom. The number of rotatable bonds is 6. The highest BCUT2D eigenvalue weighted by Crippen LogP contribution is 2.46. The molecule has 0 unspecified atom stereocenters. The van der Waals surface area contributed by atoms with Crippen LogP contribution >= 0.6 is 0 Å². The highest BCUT2D eigenvalue weighted by atomic mass is 32.2. The number of hydrogen-bond acceptors (Lipinski definition) is 9. The van der Waals surface area contributed by atoms with Gasteiger partial charge in [-0.25, -0.2) is 31.9 Å². The summed E-state index contributed by atoms with van der Waals surface area (Å²) < 4.78 is 39.1. The van der Waals surface area contributed by atoms with Gasteiger partial charge >= 0.3 is 12.1 Å². The van der Waals surface area contributed by atoms with Crippen LogP contribution < -0.4 is 10.2 Å². The van der Waals surface area contributed by atoms with Crippen LogP contribution in [0.5, 0.6) is 0 Å². The molecular weight excluding hydrogens is 534 g/mol. The molecule has 3 aromatic rings. The second kappa shape index (κ2) is 10.1. The lowest BCUT2D eigenvalue weighted by Gasteiger charge is -2.40. The average molecular weight is 570 g/mol. The predicted molar refractivity (Wildman–Crippen MR) is 149 cm³/mol. The molecule has 3 heterocycles. The highest BCUT2D eigenvalue weighted by Gasteiger charge is 2.45. The van der Waals surface area contributed by atoms with E-state index < -0.39 is 33.2 Å².